The van der Waals surface area contributed by atoms with E-state index >= 15 is 0 Å². The van der Waals surface area contributed by atoms with Gasteiger partial charge in [-0.1, -0.05) is 18.2 Å². The van der Waals surface area contributed by atoms with Gasteiger partial charge in [0, 0.05) is 18.8 Å². The van der Waals surface area contributed by atoms with E-state index in [-0.39, 0.29) is 17.6 Å². The first-order valence-electron chi connectivity index (χ1n) is 6.45. The Morgan fingerprint density at radius 1 is 1.25 bits per heavy atom. The Balaban J connectivity index is 2.39. The number of carbonyl (C=O) groups is 1. The van der Waals surface area contributed by atoms with Gasteiger partial charge in [0.25, 0.3) is 0 Å². The molecule has 104 valence electrons. The van der Waals surface area contributed by atoms with Gasteiger partial charge in [-0.2, -0.15) is 0 Å². The molecule has 0 saturated carbocycles. The average Bonchev–Trinajstić information content (AvgIpc) is 2.46. The van der Waals surface area contributed by atoms with Crippen LogP contribution in [0, 0.1) is 5.82 Å². The van der Waals surface area contributed by atoms with Crippen molar-refractivity contribution in [2.24, 2.45) is 0 Å². The van der Waals surface area contributed by atoms with Crippen LogP contribution in [0.5, 0.6) is 0 Å². The summed E-state index contributed by atoms with van der Waals surface area (Å²) < 4.78 is 13.9. The lowest BCUT2D eigenvalue weighted by molar-refractivity contribution is 0.101. The largest absolute Gasteiger partial charge is 0.352 e. The van der Waals surface area contributed by atoms with Gasteiger partial charge in [0.1, 0.15) is 11.6 Å². The highest BCUT2D eigenvalue weighted by atomic mass is 19.1. The summed E-state index contributed by atoms with van der Waals surface area (Å²) in [6.45, 7) is 3.39. The van der Waals surface area contributed by atoms with E-state index in [1.807, 2.05) is 18.9 Å². The van der Waals surface area contributed by atoms with Gasteiger partial charge in [-0.3, -0.25) is 4.79 Å². The van der Waals surface area contributed by atoms with Crippen molar-refractivity contribution in [1.29, 1.82) is 0 Å². The van der Waals surface area contributed by atoms with E-state index in [1.165, 1.54) is 13.0 Å². The number of Topliss-reactive ketones (excluding diaryl/α,β-unsaturated/α-hetero) is 1. The van der Waals surface area contributed by atoms with E-state index in [2.05, 4.69) is 4.98 Å². The minimum atomic E-state index is -0.257. The fourth-order valence-electron chi connectivity index (χ4n) is 2.16. The van der Waals surface area contributed by atoms with Gasteiger partial charge in [-0.25, -0.2) is 9.37 Å². The van der Waals surface area contributed by atoms with Crippen LogP contribution in [0.1, 0.15) is 35.8 Å². The Labute approximate surface area is 118 Å². The Kier molecular flexibility index (Phi) is 4.13. The van der Waals surface area contributed by atoms with E-state index < -0.39 is 0 Å². The second kappa shape index (κ2) is 5.82. The molecule has 0 aliphatic rings. The number of nitrogens with zero attached hydrogens (tertiary/aromatic N) is 2. The predicted octanol–water partition coefficient (Wildman–Crippen LogP) is 3.62. The number of anilines is 1. The number of halogens is 1. The van der Waals surface area contributed by atoms with Crippen molar-refractivity contribution in [3.8, 4) is 0 Å². The fraction of sp³-hybridized carbons (Fsp3) is 0.250. The van der Waals surface area contributed by atoms with Crippen molar-refractivity contribution >= 4 is 11.6 Å². The molecule has 20 heavy (non-hydrogen) atoms. The molecule has 1 aromatic heterocycles. The van der Waals surface area contributed by atoms with Crippen LogP contribution in [0.3, 0.4) is 0 Å². The summed E-state index contributed by atoms with van der Waals surface area (Å²) in [4.78, 5) is 17.7. The van der Waals surface area contributed by atoms with Crippen LogP contribution in [-0.4, -0.2) is 17.8 Å². The smallest absolute Gasteiger partial charge is 0.163 e. The van der Waals surface area contributed by atoms with E-state index in [0.717, 1.165) is 0 Å². The maximum absolute atomic E-state index is 13.9. The first kappa shape index (κ1) is 14.2. The molecular weight excluding hydrogens is 255 g/mol. The third-order valence-corrected chi connectivity index (χ3v) is 3.44. The van der Waals surface area contributed by atoms with Crippen LogP contribution < -0.4 is 4.90 Å². The molecule has 0 bridgehead atoms. The van der Waals surface area contributed by atoms with Gasteiger partial charge in [-0.15, -0.1) is 0 Å². The van der Waals surface area contributed by atoms with Gasteiger partial charge in [-0.05, 0) is 32.0 Å². The van der Waals surface area contributed by atoms with Gasteiger partial charge in [0.05, 0.1) is 11.6 Å². The molecule has 0 spiro atoms. The molecule has 2 rings (SSSR count). The standard InChI is InChI=1S/C16H17FN2O/c1-11(13-7-4-5-9-15(13)17)19(3)16-14(12(2)20)8-6-10-18-16/h4-11H,1-3H3. The first-order valence-corrected chi connectivity index (χ1v) is 6.45. The summed E-state index contributed by atoms with van der Waals surface area (Å²) in [6.07, 6.45) is 1.63. The molecule has 3 nitrogen and oxygen atoms in total. The Bertz CT molecular complexity index is 627. The van der Waals surface area contributed by atoms with Gasteiger partial charge in [0.15, 0.2) is 5.78 Å². The molecule has 0 radical (unpaired) electrons. The first-order chi connectivity index (χ1) is 9.52. The molecule has 1 atom stereocenters. The van der Waals surface area contributed by atoms with E-state index in [9.17, 15) is 9.18 Å². The predicted molar refractivity (Wildman–Crippen MR) is 77.5 cm³/mol. The van der Waals surface area contributed by atoms with E-state index in [4.69, 9.17) is 0 Å². The molecule has 0 aliphatic carbocycles. The lowest BCUT2D eigenvalue weighted by Crippen LogP contribution is -2.25. The number of rotatable bonds is 4. The molecule has 2 aromatic rings. The van der Waals surface area contributed by atoms with Gasteiger partial charge in [0.2, 0.25) is 0 Å². The summed E-state index contributed by atoms with van der Waals surface area (Å²) >= 11 is 0. The maximum Gasteiger partial charge on any atom is 0.163 e. The number of hydrogen-bond acceptors (Lipinski definition) is 3. The van der Waals surface area contributed by atoms with E-state index in [0.29, 0.717) is 16.9 Å². The second-order valence-electron chi connectivity index (χ2n) is 4.74. The topological polar surface area (TPSA) is 33.2 Å². The summed E-state index contributed by atoms with van der Waals surface area (Å²) in [5.41, 5.74) is 1.12. The summed E-state index contributed by atoms with van der Waals surface area (Å²) in [5, 5.41) is 0. The number of hydrogen-bond donors (Lipinski definition) is 0. The zero-order valence-corrected chi connectivity index (χ0v) is 11.8. The fourth-order valence-corrected chi connectivity index (χ4v) is 2.16. The summed E-state index contributed by atoms with van der Waals surface area (Å²) in [5.74, 6) is 0.253. The molecule has 1 aromatic carbocycles. The highest BCUT2D eigenvalue weighted by molar-refractivity contribution is 5.98. The Morgan fingerprint density at radius 2 is 1.95 bits per heavy atom. The molecule has 0 N–H and O–H groups in total. The highest BCUT2D eigenvalue weighted by Crippen LogP contribution is 2.27. The third kappa shape index (κ3) is 2.69. The molecule has 1 unspecified atom stereocenters. The van der Waals surface area contributed by atoms with E-state index in [1.54, 1.807) is 36.5 Å². The van der Waals surface area contributed by atoms with Crippen LogP contribution >= 0.6 is 0 Å². The normalized spacial score (nSPS) is 12.0. The maximum atomic E-state index is 13.9. The number of carbonyl (C=O) groups excluding carboxylic acids is 1. The Morgan fingerprint density at radius 3 is 2.60 bits per heavy atom. The second-order valence-corrected chi connectivity index (χ2v) is 4.74. The SMILES string of the molecule is CC(=O)c1cccnc1N(C)C(C)c1ccccc1F. The molecular formula is C16H17FN2O. The zero-order valence-electron chi connectivity index (χ0n) is 11.8. The monoisotopic (exact) mass is 272 g/mol. The highest BCUT2D eigenvalue weighted by Gasteiger charge is 2.20. The molecule has 0 amide bonds. The third-order valence-electron chi connectivity index (χ3n) is 3.44. The Hall–Kier alpha value is -2.23. The number of benzene rings is 1. The minimum absolute atomic E-state index is 0.0549. The van der Waals surface area contributed by atoms with Gasteiger partial charge < -0.3 is 4.90 Å². The van der Waals surface area contributed by atoms with Crippen LogP contribution in [0.2, 0.25) is 0 Å². The lowest BCUT2D eigenvalue weighted by Gasteiger charge is -2.27. The van der Waals surface area contributed by atoms with Crippen molar-refractivity contribution in [3.63, 3.8) is 0 Å². The van der Waals surface area contributed by atoms with Crippen molar-refractivity contribution in [2.45, 2.75) is 19.9 Å². The van der Waals surface area contributed by atoms with Crippen molar-refractivity contribution in [3.05, 3.63) is 59.5 Å². The van der Waals surface area contributed by atoms with Crippen LogP contribution in [0.4, 0.5) is 10.2 Å². The average molecular weight is 272 g/mol. The van der Waals surface area contributed by atoms with Gasteiger partial charge >= 0.3 is 0 Å². The number of pyridine rings is 1. The quantitative estimate of drug-likeness (QED) is 0.797. The summed E-state index contributed by atoms with van der Waals surface area (Å²) in [7, 11) is 1.81. The molecule has 0 aliphatic heterocycles. The van der Waals surface area contributed by atoms with Crippen molar-refractivity contribution in [2.75, 3.05) is 11.9 Å². The molecule has 0 fully saturated rings. The molecule has 1 heterocycles. The van der Waals surface area contributed by atoms with Crippen molar-refractivity contribution < 1.29 is 9.18 Å². The lowest BCUT2D eigenvalue weighted by atomic mass is 10.1. The number of ketones is 1. The van der Waals surface area contributed by atoms with Crippen LogP contribution in [0.15, 0.2) is 42.6 Å². The van der Waals surface area contributed by atoms with Crippen LogP contribution in [-0.2, 0) is 0 Å². The zero-order chi connectivity index (χ0) is 14.7. The minimum Gasteiger partial charge on any atom is -0.352 e. The summed E-state index contributed by atoms with van der Waals surface area (Å²) in [6, 6.07) is 9.87. The van der Waals surface area contributed by atoms with Crippen molar-refractivity contribution in [1.82, 2.24) is 4.98 Å². The number of aromatic nitrogens is 1. The van der Waals surface area contributed by atoms with Crippen LogP contribution in [0.25, 0.3) is 0 Å². The molecule has 4 heteroatoms. The molecule has 0 saturated heterocycles.